The van der Waals surface area contributed by atoms with Crippen molar-refractivity contribution in [1.82, 2.24) is 10.2 Å². The van der Waals surface area contributed by atoms with Gasteiger partial charge in [0.1, 0.15) is 5.75 Å². The van der Waals surface area contributed by atoms with E-state index in [1.165, 1.54) is 38.0 Å². The van der Waals surface area contributed by atoms with E-state index in [2.05, 4.69) is 23.2 Å². The quantitative estimate of drug-likeness (QED) is 0.861. The fourth-order valence-electron chi connectivity index (χ4n) is 2.76. The predicted octanol–water partition coefficient (Wildman–Crippen LogP) is 3.59. The zero-order valence-corrected chi connectivity index (χ0v) is 14.5. The fourth-order valence-corrected chi connectivity index (χ4v) is 3.04. The van der Waals surface area contributed by atoms with Gasteiger partial charge in [0, 0.05) is 6.54 Å². The van der Waals surface area contributed by atoms with Crippen LogP contribution >= 0.6 is 24.0 Å². The first-order valence-electron chi connectivity index (χ1n) is 7.48. The third-order valence-electron chi connectivity index (χ3n) is 4.01. The van der Waals surface area contributed by atoms with E-state index in [9.17, 15) is 0 Å². The molecule has 1 aromatic carbocycles. The maximum atomic E-state index is 6.18. The molecular formula is C16H26Cl2N2O. The van der Waals surface area contributed by atoms with Gasteiger partial charge in [0.25, 0.3) is 0 Å². The molecule has 0 radical (unpaired) electrons. The van der Waals surface area contributed by atoms with Gasteiger partial charge in [-0.15, -0.1) is 12.4 Å². The summed E-state index contributed by atoms with van der Waals surface area (Å²) in [4.78, 5) is 2.51. The van der Waals surface area contributed by atoms with Crippen LogP contribution < -0.4 is 10.1 Å². The molecule has 1 N–H and O–H groups in total. The molecule has 1 heterocycles. The first kappa shape index (κ1) is 18.6. The second-order valence-electron chi connectivity index (χ2n) is 5.50. The van der Waals surface area contributed by atoms with Crippen LogP contribution in [0.4, 0.5) is 0 Å². The van der Waals surface area contributed by atoms with E-state index in [0.29, 0.717) is 5.02 Å². The number of piperidine rings is 1. The van der Waals surface area contributed by atoms with Crippen molar-refractivity contribution in [2.45, 2.75) is 26.3 Å². The molecule has 1 aliphatic heterocycles. The highest BCUT2D eigenvalue weighted by atomic mass is 35.5. The molecule has 2 rings (SSSR count). The maximum Gasteiger partial charge on any atom is 0.137 e. The molecule has 0 bridgehead atoms. The van der Waals surface area contributed by atoms with Crippen molar-refractivity contribution in [3.8, 4) is 5.75 Å². The summed E-state index contributed by atoms with van der Waals surface area (Å²) in [5, 5.41) is 4.15. The minimum absolute atomic E-state index is 0. The third kappa shape index (κ3) is 5.67. The molecule has 1 saturated heterocycles. The molecule has 0 unspecified atom stereocenters. The van der Waals surface area contributed by atoms with Crippen molar-refractivity contribution in [2.75, 3.05) is 33.3 Å². The average molecular weight is 333 g/mol. The van der Waals surface area contributed by atoms with Crippen LogP contribution in [0, 0.1) is 5.92 Å². The Morgan fingerprint density at radius 3 is 2.62 bits per heavy atom. The Morgan fingerprint density at radius 2 is 2.05 bits per heavy atom. The minimum Gasteiger partial charge on any atom is -0.495 e. The van der Waals surface area contributed by atoms with Crippen LogP contribution in [-0.2, 0) is 6.54 Å². The first-order chi connectivity index (χ1) is 9.72. The molecule has 0 spiro atoms. The van der Waals surface area contributed by atoms with Gasteiger partial charge in [0.2, 0.25) is 0 Å². The number of hydrogen-bond acceptors (Lipinski definition) is 3. The summed E-state index contributed by atoms with van der Waals surface area (Å²) in [5.74, 6) is 1.59. The number of nitrogens with zero attached hydrogens (tertiary/aromatic N) is 1. The fraction of sp³-hybridized carbons (Fsp3) is 0.625. The second-order valence-corrected chi connectivity index (χ2v) is 5.90. The second kappa shape index (κ2) is 9.52. The van der Waals surface area contributed by atoms with Gasteiger partial charge in [0.05, 0.1) is 12.1 Å². The lowest BCUT2D eigenvalue weighted by Gasteiger charge is -2.32. The number of methoxy groups -OCH3 is 1. The molecule has 3 nitrogen and oxygen atoms in total. The summed E-state index contributed by atoms with van der Waals surface area (Å²) in [6.45, 7) is 7.75. The van der Waals surface area contributed by atoms with Crippen LogP contribution in [0.3, 0.4) is 0 Å². The van der Waals surface area contributed by atoms with Crippen LogP contribution in [0.5, 0.6) is 5.75 Å². The monoisotopic (exact) mass is 332 g/mol. The minimum atomic E-state index is 0. The van der Waals surface area contributed by atoms with Crippen molar-refractivity contribution in [1.29, 1.82) is 0 Å². The van der Waals surface area contributed by atoms with Crippen LogP contribution in [0.25, 0.3) is 0 Å². The summed E-state index contributed by atoms with van der Waals surface area (Å²) in [6.07, 6.45) is 2.58. The molecular weight excluding hydrogens is 307 g/mol. The maximum absolute atomic E-state index is 6.18. The normalized spacial score (nSPS) is 16.5. The van der Waals surface area contributed by atoms with E-state index < -0.39 is 0 Å². The molecule has 21 heavy (non-hydrogen) atoms. The van der Waals surface area contributed by atoms with Gasteiger partial charge in [0.15, 0.2) is 0 Å². The van der Waals surface area contributed by atoms with Gasteiger partial charge in [-0.25, -0.2) is 0 Å². The van der Waals surface area contributed by atoms with E-state index >= 15 is 0 Å². The largest absolute Gasteiger partial charge is 0.495 e. The Morgan fingerprint density at radius 1 is 1.33 bits per heavy atom. The van der Waals surface area contributed by atoms with Gasteiger partial charge in [-0.05, 0) is 62.6 Å². The standard InChI is InChI=1S/C16H25ClN2O.ClH/c1-3-18-11-13-6-8-19(9-7-13)12-14-4-5-16(20-2)15(17)10-14;/h4-5,10,13,18H,3,6-9,11-12H2,1-2H3;1H. The molecule has 0 amide bonds. The Bertz CT molecular complexity index is 421. The molecule has 0 atom stereocenters. The van der Waals surface area contributed by atoms with E-state index in [1.807, 2.05) is 12.1 Å². The van der Waals surface area contributed by atoms with Crippen molar-refractivity contribution in [2.24, 2.45) is 5.92 Å². The summed E-state index contributed by atoms with van der Waals surface area (Å²) < 4.78 is 5.19. The van der Waals surface area contributed by atoms with Gasteiger partial charge >= 0.3 is 0 Å². The highest BCUT2D eigenvalue weighted by molar-refractivity contribution is 6.32. The molecule has 1 aliphatic rings. The summed E-state index contributed by atoms with van der Waals surface area (Å²) in [6, 6.07) is 6.08. The van der Waals surface area contributed by atoms with Crippen LogP contribution in [0.2, 0.25) is 5.02 Å². The molecule has 120 valence electrons. The number of likely N-dealkylation sites (tertiary alicyclic amines) is 1. The zero-order valence-electron chi connectivity index (χ0n) is 12.9. The lowest BCUT2D eigenvalue weighted by Crippen LogP contribution is -2.36. The summed E-state index contributed by atoms with van der Waals surface area (Å²) >= 11 is 6.18. The Labute approximate surface area is 139 Å². The zero-order chi connectivity index (χ0) is 14.4. The number of ether oxygens (including phenoxy) is 1. The number of hydrogen-bond donors (Lipinski definition) is 1. The molecule has 5 heteroatoms. The van der Waals surface area contributed by atoms with Crippen molar-refractivity contribution in [3.05, 3.63) is 28.8 Å². The number of nitrogens with one attached hydrogen (secondary N) is 1. The Kier molecular flexibility index (Phi) is 8.42. The van der Waals surface area contributed by atoms with E-state index in [1.54, 1.807) is 7.11 Å². The van der Waals surface area contributed by atoms with Crippen molar-refractivity contribution < 1.29 is 4.74 Å². The predicted molar refractivity (Wildman–Crippen MR) is 91.8 cm³/mol. The summed E-state index contributed by atoms with van der Waals surface area (Å²) in [7, 11) is 1.65. The van der Waals surface area contributed by atoms with Gasteiger partial charge in [-0.2, -0.15) is 0 Å². The van der Waals surface area contributed by atoms with Gasteiger partial charge < -0.3 is 10.1 Å². The van der Waals surface area contributed by atoms with E-state index in [4.69, 9.17) is 16.3 Å². The average Bonchev–Trinajstić information content (AvgIpc) is 2.47. The molecule has 0 aromatic heterocycles. The molecule has 0 aliphatic carbocycles. The van der Waals surface area contributed by atoms with Gasteiger partial charge in [-0.3, -0.25) is 4.90 Å². The molecule has 0 saturated carbocycles. The number of benzene rings is 1. The summed E-state index contributed by atoms with van der Waals surface area (Å²) in [5.41, 5.74) is 1.26. The Hall–Kier alpha value is -0.480. The lowest BCUT2D eigenvalue weighted by molar-refractivity contribution is 0.176. The van der Waals surface area contributed by atoms with E-state index in [-0.39, 0.29) is 12.4 Å². The van der Waals surface area contributed by atoms with Crippen molar-refractivity contribution >= 4 is 24.0 Å². The van der Waals surface area contributed by atoms with E-state index in [0.717, 1.165) is 24.8 Å². The number of rotatable bonds is 6. The Balaban J connectivity index is 0.00000220. The molecule has 1 fully saturated rings. The van der Waals surface area contributed by atoms with Crippen LogP contribution in [0.15, 0.2) is 18.2 Å². The highest BCUT2D eigenvalue weighted by Crippen LogP contribution is 2.26. The number of halogens is 2. The highest BCUT2D eigenvalue weighted by Gasteiger charge is 2.18. The smallest absolute Gasteiger partial charge is 0.137 e. The SMILES string of the molecule is CCNCC1CCN(Cc2ccc(OC)c(Cl)c2)CC1.Cl. The lowest BCUT2D eigenvalue weighted by atomic mass is 9.96. The first-order valence-corrected chi connectivity index (χ1v) is 7.86. The molecule has 1 aromatic rings. The third-order valence-corrected chi connectivity index (χ3v) is 4.31. The topological polar surface area (TPSA) is 24.5 Å². The van der Waals surface area contributed by atoms with Crippen LogP contribution in [0.1, 0.15) is 25.3 Å². The van der Waals surface area contributed by atoms with Gasteiger partial charge in [-0.1, -0.05) is 24.6 Å². The van der Waals surface area contributed by atoms with Crippen LogP contribution in [-0.4, -0.2) is 38.2 Å². The van der Waals surface area contributed by atoms with Crippen molar-refractivity contribution in [3.63, 3.8) is 0 Å².